The van der Waals surface area contributed by atoms with Crippen LogP contribution in [0.1, 0.15) is 27.7 Å². The summed E-state index contributed by atoms with van der Waals surface area (Å²) in [7, 11) is 3.30. The summed E-state index contributed by atoms with van der Waals surface area (Å²) in [6, 6.07) is 0.0462. The first-order valence-corrected chi connectivity index (χ1v) is 6.36. The summed E-state index contributed by atoms with van der Waals surface area (Å²) in [5, 5.41) is 0.638. The van der Waals surface area contributed by atoms with Crippen molar-refractivity contribution in [2.45, 2.75) is 44.8 Å². The second kappa shape index (κ2) is 5.27. The summed E-state index contributed by atoms with van der Waals surface area (Å²) in [5.41, 5.74) is -0.531. The van der Waals surface area contributed by atoms with E-state index < -0.39 is 11.7 Å². The van der Waals surface area contributed by atoms with Crippen molar-refractivity contribution in [3.8, 4) is 0 Å². The summed E-state index contributed by atoms with van der Waals surface area (Å²) in [6.45, 7) is 7.46. The molecular weight excluding hydrogens is 240 g/mol. The number of rotatable bonds is 1. The third-order valence-electron chi connectivity index (χ3n) is 2.12. The highest BCUT2D eigenvalue weighted by Crippen LogP contribution is 2.29. The molecule has 98 valence electrons. The van der Waals surface area contributed by atoms with Crippen LogP contribution in [0.3, 0.4) is 0 Å². The molecule has 0 aromatic heterocycles. The van der Waals surface area contributed by atoms with E-state index in [1.165, 1.54) is 16.7 Å². The zero-order valence-electron chi connectivity index (χ0n) is 11.2. The summed E-state index contributed by atoms with van der Waals surface area (Å²) in [4.78, 5) is 17.6. The molecule has 0 radical (unpaired) electrons. The Hall–Kier alpha value is -0.750. The third-order valence-corrected chi connectivity index (χ3v) is 3.52. The number of carbonyl (C=O) groups excluding carboxylic acids is 1. The fourth-order valence-corrected chi connectivity index (χ4v) is 2.31. The lowest BCUT2D eigenvalue weighted by Crippen LogP contribution is -2.36. The van der Waals surface area contributed by atoms with E-state index in [0.717, 1.165) is 0 Å². The number of nitrogens with zero attached hydrogens (tertiary/aromatic N) is 2. The van der Waals surface area contributed by atoms with Crippen LogP contribution in [0.5, 0.6) is 0 Å². The van der Waals surface area contributed by atoms with Crippen molar-refractivity contribution in [3.05, 3.63) is 0 Å². The molecule has 17 heavy (non-hydrogen) atoms. The van der Waals surface area contributed by atoms with E-state index >= 15 is 0 Å². The Morgan fingerprint density at radius 3 is 2.47 bits per heavy atom. The molecule has 1 aliphatic rings. The van der Waals surface area contributed by atoms with Gasteiger partial charge in [0.2, 0.25) is 0 Å². The molecule has 0 N–H and O–H groups in total. The lowest BCUT2D eigenvalue weighted by molar-refractivity contribution is 0.0406. The van der Waals surface area contributed by atoms with Crippen molar-refractivity contribution < 1.29 is 14.3 Å². The Bertz CT molecular complexity index is 325. The van der Waals surface area contributed by atoms with Crippen LogP contribution in [-0.4, -0.2) is 47.4 Å². The SMILES string of the molecule is CO[C@@H]1SC(N(C)C(=O)OC(C)(C)C)=N[C@@H]1C. The predicted octanol–water partition coefficient (Wildman–Crippen LogP) is 2.32. The molecule has 0 saturated heterocycles. The normalized spacial score (nSPS) is 24.5. The van der Waals surface area contributed by atoms with E-state index in [-0.39, 0.29) is 11.5 Å². The molecule has 0 bridgehead atoms. The van der Waals surface area contributed by atoms with Gasteiger partial charge in [-0.2, -0.15) is 0 Å². The maximum atomic E-state index is 11.8. The van der Waals surface area contributed by atoms with Gasteiger partial charge in [0, 0.05) is 14.2 Å². The number of carbonyl (C=O) groups is 1. The Labute approximate surface area is 107 Å². The molecule has 2 atom stereocenters. The fraction of sp³-hybridized carbons (Fsp3) is 0.818. The van der Waals surface area contributed by atoms with Gasteiger partial charge in [0.1, 0.15) is 11.0 Å². The highest BCUT2D eigenvalue weighted by molar-refractivity contribution is 8.14. The van der Waals surface area contributed by atoms with Gasteiger partial charge in [-0.1, -0.05) is 11.8 Å². The van der Waals surface area contributed by atoms with Crippen LogP contribution in [0.15, 0.2) is 4.99 Å². The zero-order valence-corrected chi connectivity index (χ0v) is 12.0. The maximum absolute atomic E-state index is 11.8. The van der Waals surface area contributed by atoms with Gasteiger partial charge in [-0.3, -0.25) is 9.89 Å². The molecule has 0 fully saturated rings. The number of hydrogen-bond donors (Lipinski definition) is 0. The van der Waals surface area contributed by atoms with E-state index in [1.807, 2.05) is 27.7 Å². The van der Waals surface area contributed by atoms with Crippen molar-refractivity contribution in [1.29, 1.82) is 0 Å². The van der Waals surface area contributed by atoms with Gasteiger partial charge in [0.25, 0.3) is 0 Å². The summed E-state index contributed by atoms with van der Waals surface area (Å²) >= 11 is 1.43. The van der Waals surface area contributed by atoms with E-state index in [9.17, 15) is 4.79 Å². The van der Waals surface area contributed by atoms with Gasteiger partial charge < -0.3 is 9.47 Å². The monoisotopic (exact) mass is 260 g/mol. The summed E-state index contributed by atoms with van der Waals surface area (Å²) in [5.74, 6) is 0. The van der Waals surface area contributed by atoms with E-state index in [1.54, 1.807) is 14.2 Å². The number of aliphatic imine (C=N–C) groups is 1. The van der Waals surface area contributed by atoms with E-state index in [0.29, 0.717) is 5.17 Å². The fourth-order valence-electron chi connectivity index (χ4n) is 1.29. The molecule has 1 rings (SSSR count). The number of ether oxygens (including phenoxy) is 2. The molecule has 0 unspecified atom stereocenters. The molecule has 1 aliphatic heterocycles. The quantitative estimate of drug-likeness (QED) is 0.726. The first-order chi connectivity index (χ1) is 7.74. The third kappa shape index (κ3) is 3.89. The summed E-state index contributed by atoms with van der Waals surface area (Å²) in [6.07, 6.45) is -0.396. The van der Waals surface area contributed by atoms with Crippen LogP contribution in [0.25, 0.3) is 0 Å². The Morgan fingerprint density at radius 2 is 2.06 bits per heavy atom. The van der Waals surface area contributed by atoms with Crippen LogP contribution in [-0.2, 0) is 9.47 Å². The average Bonchev–Trinajstić information content (AvgIpc) is 2.55. The Kier molecular flexibility index (Phi) is 4.43. The van der Waals surface area contributed by atoms with Gasteiger partial charge >= 0.3 is 6.09 Å². The van der Waals surface area contributed by atoms with Crippen molar-refractivity contribution in [1.82, 2.24) is 4.90 Å². The van der Waals surface area contributed by atoms with Crippen LogP contribution in [0.2, 0.25) is 0 Å². The lowest BCUT2D eigenvalue weighted by Gasteiger charge is -2.24. The van der Waals surface area contributed by atoms with Gasteiger partial charge in [-0.15, -0.1) is 0 Å². The Balaban J connectivity index is 2.63. The molecule has 5 nitrogen and oxygen atoms in total. The minimum Gasteiger partial charge on any atom is -0.443 e. The van der Waals surface area contributed by atoms with Gasteiger partial charge in [-0.25, -0.2) is 4.79 Å². The standard InChI is InChI=1S/C11H20N2O3S/c1-7-8(15-6)17-9(12-7)13(5)10(14)16-11(2,3)4/h7-8H,1-6H3/t7-,8-/m1/s1. The number of hydrogen-bond acceptors (Lipinski definition) is 5. The molecule has 0 aromatic carbocycles. The van der Waals surface area contributed by atoms with Crippen LogP contribution in [0.4, 0.5) is 4.79 Å². The van der Waals surface area contributed by atoms with Crippen molar-refractivity contribution in [2.75, 3.05) is 14.2 Å². The molecule has 0 aliphatic carbocycles. The summed E-state index contributed by atoms with van der Waals surface area (Å²) < 4.78 is 10.5. The van der Waals surface area contributed by atoms with E-state index in [4.69, 9.17) is 9.47 Å². The van der Waals surface area contributed by atoms with E-state index in [2.05, 4.69) is 4.99 Å². The highest BCUT2D eigenvalue weighted by Gasteiger charge is 2.32. The molecule has 0 saturated carbocycles. The topological polar surface area (TPSA) is 51.1 Å². The number of methoxy groups -OCH3 is 1. The van der Waals surface area contributed by atoms with Gasteiger partial charge in [0.15, 0.2) is 5.17 Å². The largest absolute Gasteiger partial charge is 0.443 e. The molecule has 0 spiro atoms. The van der Waals surface area contributed by atoms with Crippen LogP contribution < -0.4 is 0 Å². The molecule has 0 aromatic rings. The zero-order chi connectivity index (χ0) is 13.2. The molecule has 6 heteroatoms. The van der Waals surface area contributed by atoms with Crippen molar-refractivity contribution in [2.24, 2.45) is 4.99 Å². The molecule has 1 amide bonds. The minimum absolute atomic E-state index is 0.0325. The van der Waals surface area contributed by atoms with Gasteiger partial charge in [-0.05, 0) is 27.7 Å². The van der Waals surface area contributed by atoms with Gasteiger partial charge in [0.05, 0.1) is 6.04 Å². The first kappa shape index (κ1) is 14.3. The smallest absolute Gasteiger partial charge is 0.416 e. The van der Waals surface area contributed by atoms with Crippen LogP contribution in [0, 0.1) is 0 Å². The molecule has 1 heterocycles. The Morgan fingerprint density at radius 1 is 1.47 bits per heavy atom. The maximum Gasteiger partial charge on any atom is 0.416 e. The second-order valence-electron chi connectivity index (χ2n) is 4.91. The number of thioether (sulfide) groups is 1. The second-order valence-corrected chi connectivity index (χ2v) is 5.98. The average molecular weight is 260 g/mol. The molecular formula is C11H20N2O3S. The predicted molar refractivity (Wildman–Crippen MR) is 69.3 cm³/mol. The van der Waals surface area contributed by atoms with Crippen molar-refractivity contribution in [3.63, 3.8) is 0 Å². The first-order valence-electron chi connectivity index (χ1n) is 5.48. The highest BCUT2D eigenvalue weighted by atomic mass is 32.2. The number of amidine groups is 1. The van der Waals surface area contributed by atoms with Crippen molar-refractivity contribution >= 4 is 23.0 Å². The number of amides is 1. The lowest BCUT2D eigenvalue weighted by atomic mass is 10.2. The minimum atomic E-state index is -0.499. The van der Waals surface area contributed by atoms with Crippen LogP contribution >= 0.6 is 11.8 Å².